The van der Waals surface area contributed by atoms with E-state index in [9.17, 15) is 9.59 Å². The molecule has 1 aliphatic heterocycles. The number of nitrogens with zero attached hydrogens (tertiary/aromatic N) is 2. The van der Waals surface area contributed by atoms with Crippen molar-refractivity contribution in [3.63, 3.8) is 0 Å². The van der Waals surface area contributed by atoms with Gasteiger partial charge in [0, 0.05) is 19.6 Å². The van der Waals surface area contributed by atoms with E-state index >= 15 is 0 Å². The van der Waals surface area contributed by atoms with Gasteiger partial charge >= 0.3 is 12.1 Å². The Morgan fingerprint density at radius 3 is 2.58 bits per heavy atom. The molecular weight excluding hydrogens is 248 g/mol. The van der Waals surface area contributed by atoms with Crippen LogP contribution in [0.5, 0.6) is 0 Å². The van der Waals surface area contributed by atoms with Crippen LogP contribution in [-0.4, -0.2) is 65.3 Å². The highest BCUT2D eigenvalue weighted by Gasteiger charge is 2.29. The summed E-state index contributed by atoms with van der Waals surface area (Å²) in [5.41, 5.74) is -0.513. The van der Waals surface area contributed by atoms with E-state index in [0.717, 1.165) is 19.4 Å². The zero-order valence-corrected chi connectivity index (χ0v) is 12.2. The maximum absolute atomic E-state index is 12.0. The Labute approximate surface area is 114 Å². The van der Waals surface area contributed by atoms with E-state index in [1.807, 2.05) is 25.7 Å². The lowest BCUT2D eigenvalue weighted by molar-refractivity contribution is -0.138. The molecule has 6 heteroatoms. The van der Waals surface area contributed by atoms with Crippen LogP contribution < -0.4 is 0 Å². The molecule has 110 valence electrons. The van der Waals surface area contributed by atoms with Gasteiger partial charge in [-0.25, -0.2) is 4.79 Å². The number of likely N-dealkylation sites (tertiary alicyclic amines) is 1. The molecule has 0 aromatic rings. The Morgan fingerprint density at radius 1 is 1.42 bits per heavy atom. The first-order valence-electron chi connectivity index (χ1n) is 6.59. The fraction of sp³-hybridized carbons (Fsp3) is 0.846. The number of carboxylic acid groups (broad SMARTS) is 1. The number of rotatable bonds is 3. The second-order valence-electron chi connectivity index (χ2n) is 6.02. The SMILES string of the molecule is CN(C(=O)OC(C)(C)C)C1CCCN(CC(=O)O)C1. The quantitative estimate of drug-likeness (QED) is 0.841. The van der Waals surface area contributed by atoms with Crippen LogP contribution in [0.2, 0.25) is 0 Å². The standard InChI is InChI=1S/C13H24N2O4/c1-13(2,3)19-12(18)14(4)10-6-5-7-15(8-10)9-11(16)17/h10H,5-9H2,1-4H3,(H,16,17). The molecule has 0 aromatic carbocycles. The number of carboxylic acids is 1. The van der Waals surface area contributed by atoms with Crippen molar-refractivity contribution in [2.45, 2.75) is 45.3 Å². The molecule has 1 unspecified atom stereocenters. The first kappa shape index (κ1) is 15.8. The minimum Gasteiger partial charge on any atom is -0.480 e. The summed E-state index contributed by atoms with van der Waals surface area (Å²) in [7, 11) is 1.71. The van der Waals surface area contributed by atoms with E-state index in [1.54, 1.807) is 11.9 Å². The molecule has 0 aromatic heterocycles. The summed E-state index contributed by atoms with van der Waals surface area (Å²) in [6.45, 7) is 6.87. The van der Waals surface area contributed by atoms with Crippen LogP contribution in [0, 0.1) is 0 Å². The van der Waals surface area contributed by atoms with E-state index in [4.69, 9.17) is 9.84 Å². The zero-order chi connectivity index (χ0) is 14.6. The summed E-state index contributed by atoms with van der Waals surface area (Å²) in [4.78, 5) is 26.1. The lowest BCUT2D eigenvalue weighted by Crippen LogP contribution is -2.50. The monoisotopic (exact) mass is 272 g/mol. The second-order valence-corrected chi connectivity index (χ2v) is 6.02. The average molecular weight is 272 g/mol. The van der Waals surface area contributed by atoms with Crippen molar-refractivity contribution >= 4 is 12.1 Å². The van der Waals surface area contributed by atoms with Gasteiger partial charge in [0.05, 0.1) is 6.54 Å². The molecule has 1 saturated heterocycles. The Morgan fingerprint density at radius 2 is 2.05 bits per heavy atom. The molecule has 0 aliphatic carbocycles. The van der Waals surface area contributed by atoms with Gasteiger partial charge in [0.1, 0.15) is 5.60 Å². The third-order valence-electron chi connectivity index (χ3n) is 3.07. The lowest BCUT2D eigenvalue weighted by atomic mass is 10.0. The second kappa shape index (κ2) is 6.23. The number of carbonyl (C=O) groups excluding carboxylic acids is 1. The molecule has 1 rings (SSSR count). The van der Waals surface area contributed by atoms with Gasteiger partial charge in [-0.3, -0.25) is 9.69 Å². The maximum Gasteiger partial charge on any atom is 0.410 e. The van der Waals surface area contributed by atoms with Crippen molar-refractivity contribution in [3.05, 3.63) is 0 Å². The molecule has 1 fully saturated rings. The van der Waals surface area contributed by atoms with Crippen LogP contribution in [0.15, 0.2) is 0 Å². The molecule has 6 nitrogen and oxygen atoms in total. The minimum atomic E-state index is -0.833. The van der Waals surface area contributed by atoms with E-state index in [2.05, 4.69) is 0 Å². The summed E-state index contributed by atoms with van der Waals surface area (Å²) in [6.07, 6.45) is 1.42. The summed E-state index contributed by atoms with van der Waals surface area (Å²) in [5, 5.41) is 8.81. The summed E-state index contributed by atoms with van der Waals surface area (Å²) in [5.74, 6) is -0.833. The number of hydrogen-bond acceptors (Lipinski definition) is 4. The van der Waals surface area contributed by atoms with Gasteiger partial charge in [-0.2, -0.15) is 0 Å². The van der Waals surface area contributed by atoms with E-state index in [0.29, 0.717) is 6.54 Å². The molecule has 1 N–H and O–H groups in total. The highest BCUT2D eigenvalue weighted by molar-refractivity contribution is 5.69. The van der Waals surface area contributed by atoms with Crippen molar-refractivity contribution in [2.75, 3.05) is 26.7 Å². The third kappa shape index (κ3) is 5.46. The number of piperidine rings is 1. The fourth-order valence-electron chi connectivity index (χ4n) is 2.17. The van der Waals surface area contributed by atoms with Gasteiger partial charge in [0.2, 0.25) is 0 Å². The van der Waals surface area contributed by atoms with E-state index in [-0.39, 0.29) is 18.7 Å². The van der Waals surface area contributed by atoms with Gasteiger partial charge in [-0.15, -0.1) is 0 Å². The minimum absolute atomic E-state index is 0.0166. The maximum atomic E-state index is 12.0. The van der Waals surface area contributed by atoms with Crippen LogP contribution in [0.3, 0.4) is 0 Å². The predicted octanol–water partition coefficient (Wildman–Crippen LogP) is 1.40. The lowest BCUT2D eigenvalue weighted by Gasteiger charge is -2.37. The van der Waals surface area contributed by atoms with Gasteiger partial charge in [-0.1, -0.05) is 0 Å². The molecular formula is C13H24N2O4. The van der Waals surface area contributed by atoms with Crippen LogP contribution >= 0.6 is 0 Å². The Hall–Kier alpha value is -1.30. The number of aliphatic carboxylic acids is 1. The molecule has 0 radical (unpaired) electrons. The molecule has 19 heavy (non-hydrogen) atoms. The van der Waals surface area contributed by atoms with Gasteiger partial charge in [-0.05, 0) is 40.2 Å². The summed E-state index contributed by atoms with van der Waals surface area (Å²) in [6, 6.07) is 0.0166. The van der Waals surface area contributed by atoms with Crippen molar-refractivity contribution in [1.29, 1.82) is 0 Å². The number of likely N-dealkylation sites (N-methyl/N-ethyl adjacent to an activating group) is 1. The highest BCUT2D eigenvalue weighted by Crippen LogP contribution is 2.17. The molecule has 1 amide bonds. The number of hydrogen-bond donors (Lipinski definition) is 1. The van der Waals surface area contributed by atoms with Crippen LogP contribution in [0.25, 0.3) is 0 Å². The van der Waals surface area contributed by atoms with Gasteiger partial charge < -0.3 is 14.7 Å². The van der Waals surface area contributed by atoms with Crippen molar-refractivity contribution in [3.8, 4) is 0 Å². The van der Waals surface area contributed by atoms with Crippen molar-refractivity contribution < 1.29 is 19.4 Å². The highest BCUT2D eigenvalue weighted by atomic mass is 16.6. The van der Waals surface area contributed by atoms with Gasteiger partial charge in [0.25, 0.3) is 0 Å². The fourth-order valence-corrected chi connectivity index (χ4v) is 2.17. The van der Waals surface area contributed by atoms with Crippen LogP contribution in [-0.2, 0) is 9.53 Å². The number of amides is 1. The first-order chi connectivity index (χ1) is 8.69. The Kier molecular flexibility index (Phi) is 5.17. The number of carbonyl (C=O) groups is 2. The summed E-state index contributed by atoms with van der Waals surface area (Å²) >= 11 is 0. The largest absolute Gasteiger partial charge is 0.480 e. The molecule has 0 spiro atoms. The predicted molar refractivity (Wildman–Crippen MR) is 71.1 cm³/mol. The molecule has 1 atom stereocenters. The molecule has 1 heterocycles. The van der Waals surface area contributed by atoms with E-state index in [1.165, 1.54) is 0 Å². The normalized spacial score (nSPS) is 20.9. The molecule has 0 saturated carbocycles. The van der Waals surface area contributed by atoms with E-state index < -0.39 is 11.6 Å². The van der Waals surface area contributed by atoms with Crippen LogP contribution in [0.1, 0.15) is 33.6 Å². The molecule has 0 bridgehead atoms. The number of ether oxygens (including phenoxy) is 1. The zero-order valence-electron chi connectivity index (χ0n) is 12.2. The topological polar surface area (TPSA) is 70.1 Å². The Bertz CT molecular complexity index is 338. The van der Waals surface area contributed by atoms with Crippen molar-refractivity contribution in [1.82, 2.24) is 9.80 Å². The van der Waals surface area contributed by atoms with Crippen molar-refractivity contribution in [2.24, 2.45) is 0 Å². The Balaban J connectivity index is 2.54. The van der Waals surface area contributed by atoms with Crippen LogP contribution in [0.4, 0.5) is 4.79 Å². The third-order valence-corrected chi connectivity index (χ3v) is 3.07. The smallest absolute Gasteiger partial charge is 0.410 e. The first-order valence-corrected chi connectivity index (χ1v) is 6.59. The average Bonchev–Trinajstić information content (AvgIpc) is 2.25. The summed E-state index contributed by atoms with van der Waals surface area (Å²) < 4.78 is 5.32. The molecule has 1 aliphatic rings. The van der Waals surface area contributed by atoms with Gasteiger partial charge in [0.15, 0.2) is 0 Å².